The van der Waals surface area contributed by atoms with E-state index in [9.17, 15) is 0 Å². The van der Waals surface area contributed by atoms with Gasteiger partial charge in [-0.3, -0.25) is 0 Å². The number of ether oxygens (including phenoxy) is 2. The lowest BCUT2D eigenvalue weighted by Crippen LogP contribution is -1.98. The summed E-state index contributed by atoms with van der Waals surface area (Å²) in [5.74, 6) is 0.854. The van der Waals surface area contributed by atoms with Gasteiger partial charge in [-0.2, -0.15) is 0 Å². The Balaban J connectivity index is 1.91. The normalized spacial score (nSPS) is 10.5. The van der Waals surface area contributed by atoms with E-state index in [1.807, 2.05) is 30.3 Å². The lowest BCUT2D eigenvalue weighted by molar-refractivity contribution is 0.202. The molecule has 0 aliphatic carbocycles. The summed E-state index contributed by atoms with van der Waals surface area (Å²) in [6.07, 6.45) is 0.917. The van der Waals surface area contributed by atoms with Gasteiger partial charge in [0.25, 0.3) is 0 Å². The number of hydrogen-bond acceptors (Lipinski definition) is 3. The van der Waals surface area contributed by atoms with E-state index in [-0.39, 0.29) is 0 Å². The zero-order valence-corrected chi connectivity index (χ0v) is 13.0. The molecular formula is C16H18BrNO2. The van der Waals surface area contributed by atoms with Crippen molar-refractivity contribution in [2.75, 3.05) is 19.5 Å². The van der Waals surface area contributed by atoms with E-state index in [1.54, 1.807) is 7.11 Å². The first-order valence-corrected chi connectivity index (χ1v) is 7.23. The molecule has 2 aromatic rings. The highest BCUT2D eigenvalue weighted by Gasteiger charge is 2.00. The van der Waals surface area contributed by atoms with Gasteiger partial charge in [0.05, 0.1) is 6.61 Å². The molecule has 0 bridgehead atoms. The first-order chi connectivity index (χ1) is 9.69. The minimum Gasteiger partial charge on any atom is -0.489 e. The Labute approximate surface area is 127 Å². The van der Waals surface area contributed by atoms with Crippen LogP contribution in [0.5, 0.6) is 5.75 Å². The number of nitrogens with two attached hydrogens (primary N) is 1. The summed E-state index contributed by atoms with van der Waals surface area (Å²) < 4.78 is 11.7. The molecule has 0 saturated heterocycles. The number of methoxy groups -OCH3 is 1. The summed E-state index contributed by atoms with van der Waals surface area (Å²) in [5, 5.41) is 0. The first kappa shape index (κ1) is 14.9. The number of rotatable bonds is 6. The molecule has 2 rings (SSSR count). The molecule has 2 aromatic carbocycles. The quantitative estimate of drug-likeness (QED) is 0.816. The average molecular weight is 336 g/mol. The highest BCUT2D eigenvalue weighted by atomic mass is 79.9. The highest BCUT2D eigenvalue weighted by molar-refractivity contribution is 9.10. The van der Waals surface area contributed by atoms with Crippen LogP contribution >= 0.6 is 15.9 Å². The van der Waals surface area contributed by atoms with Crippen molar-refractivity contribution in [1.82, 2.24) is 0 Å². The molecular weight excluding hydrogens is 318 g/mol. The van der Waals surface area contributed by atoms with Crippen LogP contribution in [-0.2, 0) is 17.8 Å². The Morgan fingerprint density at radius 2 is 1.75 bits per heavy atom. The van der Waals surface area contributed by atoms with Crippen LogP contribution in [0.4, 0.5) is 5.69 Å². The lowest BCUT2D eigenvalue weighted by atomic mass is 10.1. The number of nitrogen functional groups attached to an aromatic ring is 1. The fraction of sp³-hybridized carbons (Fsp3) is 0.250. The van der Waals surface area contributed by atoms with Crippen LogP contribution in [0, 0.1) is 0 Å². The van der Waals surface area contributed by atoms with Crippen molar-refractivity contribution in [3.63, 3.8) is 0 Å². The maximum atomic E-state index is 5.84. The van der Waals surface area contributed by atoms with Crippen molar-refractivity contribution in [2.45, 2.75) is 13.0 Å². The Bertz CT molecular complexity index is 555. The van der Waals surface area contributed by atoms with Crippen LogP contribution < -0.4 is 10.5 Å². The molecule has 3 nitrogen and oxygen atoms in total. The molecule has 0 aliphatic heterocycles. The number of benzene rings is 2. The van der Waals surface area contributed by atoms with Gasteiger partial charge in [0.15, 0.2) is 0 Å². The van der Waals surface area contributed by atoms with Crippen LogP contribution in [-0.4, -0.2) is 13.7 Å². The molecule has 0 radical (unpaired) electrons. The third-order valence-electron chi connectivity index (χ3n) is 2.98. The summed E-state index contributed by atoms with van der Waals surface area (Å²) in [6, 6.07) is 13.9. The number of halogens is 1. The van der Waals surface area contributed by atoms with E-state index in [0.717, 1.165) is 34.5 Å². The van der Waals surface area contributed by atoms with Crippen molar-refractivity contribution in [3.05, 3.63) is 58.1 Å². The second-order valence-corrected chi connectivity index (χ2v) is 5.39. The Kier molecular flexibility index (Phi) is 5.44. The van der Waals surface area contributed by atoms with Gasteiger partial charge in [-0.05, 0) is 57.7 Å². The van der Waals surface area contributed by atoms with E-state index >= 15 is 0 Å². The van der Waals surface area contributed by atoms with Crippen molar-refractivity contribution >= 4 is 21.6 Å². The van der Waals surface area contributed by atoms with Crippen molar-refractivity contribution in [3.8, 4) is 5.75 Å². The molecule has 0 aliphatic rings. The van der Waals surface area contributed by atoms with E-state index in [2.05, 4.69) is 28.1 Å². The van der Waals surface area contributed by atoms with Gasteiger partial charge in [0, 0.05) is 17.3 Å². The minimum atomic E-state index is 0.509. The summed E-state index contributed by atoms with van der Waals surface area (Å²) in [4.78, 5) is 0. The van der Waals surface area contributed by atoms with Crippen LogP contribution in [0.25, 0.3) is 0 Å². The monoisotopic (exact) mass is 335 g/mol. The maximum absolute atomic E-state index is 5.84. The molecule has 0 aromatic heterocycles. The highest BCUT2D eigenvalue weighted by Crippen LogP contribution is 2.21. The van der Waals surface area contributed by atoms with Crippen LogP contribution in [0.3, 0.4) is 0 Å². The standard InChI is InChI=1S/C16H18BrNO2/c1-19-9-8-12-2-5-14(6-3-12)20-11-13-4-7-15(17)16(18)10-13/h2-7,10H,8-9,11,18H2,1H3. The molecule has 0 heterocycles. The predicted molar refractivity (Wildman–Crippen MR) is 84.9 cm³/mol. The second-order valence-electron chi connectivity index (χ2n) is 4.53. The van der Waals surface area contributed by atoms with Gasteiger partial charge in [-0.15, -0.1) is 0 Å². The molecule has 0 spiro atoms. The number of anilines is 1. The Morgan fingerprint density at radius 1 is 1.05 bits per heavy atom. The van der Waals surface area contributed by atoms with E-state index in [0.29, 0.717) is 6.61 Å². The second kappa shape index (κ2) is 7.31. The summed E-state index contributed by atoms with van der Waals surface area (Å²) in [6.45, 7) is 1.24. The topological polar surface area (TPSA) is 44.5 Å². The largest absolute Gasteiger partial charge is 0.489 e. The van der Waals surface area contributed by atoms with Gasteiger partial charge >= 0.3 is 0 Å². The maximum Gasteiger partial charge on any atom is 0.119 e. The molecule has 0 unspecified atom stereocenters. The molecule has 0 saturated carbocycles. The fourth-order valence-corrected chi connectivity index (χ4v) is 2.07. The predicted octanol–water partition coefficient (Wildman–Crippen LogP) is 3.80. The molecule has 2 N–H and O–H groups in total. The molecule has 0 amide bonds. The van der Waals surface area contributed by atoms with E-state index in [1.165, 1.54) is 5.56 Å². The minimum absolute atomic E-state index is 0.509. The average Bonchev–Trinajstić information content (AvgIpc) is 2.47. The molecule has 4 heteroatoms. The lowest BCUT2D eigenvalue weighted by Gasteiger charge is -2.08. The summed E-state index contributed by atoms with van der Waals surface area (Å²) in [5.41, 5.74) is 8.86. The smallest absolute Gasteiger partial charge is 0.119 e. The molecule has 0 atom stereocenters. The van der Waals surface area contributed by atoms with Crippen molar-refractivity contribution in [1.29, 1.82) is 0 Å². The zero-order valence-electron chi connectivity index (χ0n) is 11.4. The van der Waals surface area contributed by atoms with E-state index < -0.39 is 0 Å². The Hall–Kier alpha value is -1.52. The molecule has 20 heavy (non-hydrogen) atoms. The fourth-order valence-electron chi connectivity index (χ4n) is 1.82. The van der Waals surface area contributed by atoms with Gasteiger partial charge < -0.3 is 15.2 Å². The zero-order chi connectivity index (χ0) is 14.4. The van der Waals surface area contributed by atoms with Crippen LogP contribution in [0.1, 0.15) is 11.1 Å². The van der Waals surface area contributed by atoms with Gasteiger partial charge in [0.1, 0.15) is 12.4 Å². The SMILES string of the molecule is COCCc1ccc(OCc2ccc(Br)c(N)c2)cc1. The Morgan fingerprint density at radius 3 is 2.40 bits per heavy atom. The summed E-state index contributed by atoms with van der Waals surface area (Å²) >= 11 is 3.38. The molecule has 106 valence electrons. The number of hydrogen-bond donors (Lipinski definition) is 1. The van der Waals surface area contributed by atoms with Gasteiger partial charge in [0.2, 0.25) is 0 Å². The summed E-state index contributed by atoms with van der Waals surface area (Å²) in [7, 11) is 1.71. The van der Waals surface area contributed by atoms with Gasteiger partial charge in [-0.25, -0.2) is 0 Å². The third kappa shape index (κ3) is 4.25. The van der Waals surface area contributed by atoms with Crippen LogP contribution in [0.2, 0.25) is 0 Å². The van der Waals surface area contributed by atoms with Crippen molar-refractivity contribution < 1.29 is 9.47 Å². The van der Waals surface area contributed by atoms with E-state index in [4.69, 9.17) is 15.2 Å². The first-order valence-electron chi connectivity index (χ1n) is 6.43. The van der Waals surface area contributed by atoms with Gasteiger partial charge in [-0.1, -0.05) is 18.2 Å². The molecule has 0 fully saturated rings. The third-order valence-corrected chi connectivity index (χ3v) is 3.71. The van der Waals surface area contributed by atoms with Crippen molar-refractivity contribution in [2.24, 2.45) is 0 Å². The van der Waals surface area contributed by atoms with Crippen LogP contribution in [0.15, 0.2) is 46.9 Å².